The average molecular weight is 256 g/mol. The van der Waals surface area contributed by atoms with Crippen LogP contribution in [0.15, 0.2) is 0 Å². The molecule has 2 atom stereocenters. The third-order valence-electron chi connectivity index (χ3n) is 3.11. The highest BCUT2D eigenvalue weighted by Crippen LogP contribution is 2.27. The number of rotatable bonds is 5. The van der Waals surface area contributed by atoms with E-state index >= 15 is 0 Å². The molecule has 1 N–H and O–H groups in total. The van der Waals surface area contributed by atoms with Gasteiger partial charge >= 0.3 is 5.97 Å². The SMILES string of the molecule is CCC(C(=O)O)N(C)C(C)c1nc(C)sc1C. The number of nitrogens with zero attached hydrogens (tertiary/aromatic N) is 2. The maximum atomic E-state index is 11.1. The zero-order chi connectivity index (χ0) is 13.2. The smallest absolute Gasteiger partial charge is 0.320 e. The van der Waals surface area contributed by atoms with Crippen LogP contribution in [0.3, 0.4) is 0 Å². The molecule has 1 aromatic rings. The van der Waals surface area contributed by atoms with Gasteiger partial charge in [-0.1, -0.05) is 6.92 Å². The lowest BCUT2D eigenvalue weighted by molar-refractivity contribution is -0.143. The van der Waals surface area contributed by atoms with Crippen LogP contribution in [0.4, 0.5) is 0 Å². The zero-order valence-electron chi connectivity index (χ0n) is 11.0. The lowest BCUT2D eigenvalue weighted by Gasteiger charge is -2.29. The van der Waals surface area contributed by atoms with Crippen LogP contribution < -0.4 is 0 Å². The number of aromatic nitrogens is 1. The molecule has 0 aromatic carbocycles. The van der Waals surface area contributed by atoms with E-state index < -0.39 is 12.0 Å². The van der Waals surface area contributed by atoms with Crippen LogP contribution in [-0.4, -0.2) is 34.0 Å². The molecule has 4 nitrogen and oxygen atoms in total. The third kappa shape index (κ3) is 3.04. The molecule has 96 valence electrons. The Kier molecular flexibility index (Phi) is 4.65. The quantitative estimate of drug-likeness (QED) is 0.880. The van der Waals surface area contributed by atoms with Crippen LogP contribution in [0, 0.1) is 13.8 Å². The van der Waals surface area contributed by atoms with Gasteiger partial charge in [0.1, 0.15) is 6.04 Å². The topological polar surface area (TPSA) is 53.4 Å². The number of thiazole rings is 1. The zero-order valence-corrected chi connectivity index (χ0v) is 11.8. The van der Waals surface area contributed by atoms with E-state index in [-0.39, 0.29) is 6.04 Å². The minimum absolute atomic E-state index is 0.0287. The van der Waals surface area contributed by atoms with E-state index in [2.05, 4.69) is 4.98 Å². The van der Waals surface area contributed by atoms with Gasteiger partial charge in [-0.25, -0.2) is 4.98 Å². The van der Waals surface area contributed by atoms with Crippen LogP contribution in [-0.2, 0) is 4.79 Å². The number of aryl methyl sites for hydroxylation is 2. The van der Waals surface area contributed by atoms with E-state index in [1.807, 2.05) is 39.6 Å². The predicted molar refractivity (Wildman–Crippen MR) is 69.5 cm³/mol. The average Bonchev–Trinajstić information content (AvgIpc) is 2.57. The summed E-state index contributed by atoms with van der Waals surface area (Å²) in [6.45, 7) is 7.91. The summed E-state index contributed by atoms with van der Waals surface area (Å²) in [4.78, 5) is 18.7. The first-order valence-electron chi connectivity index (χ1n) is 5.77. The van der Waals surface area contributed by atoms with Crippen molar-refractivity contribution in [1.82, 2.24) is 9.88 Å². The monoisotopic (exact) mass is 256 g/mol. The van der Waals surface area contributed by atoms with Crippen molar-refractivity contribution in [3.63, 3.8) is 0 Å². The Bertz CT molecular complexity index is 403. The molecule has 0 saturated carbocycles. The fourth-order valence-electron chi connectivity index (χ4n) is 2.03. The minimum Gasteiger partial charge on any atom is -0.480 e. The fourth-order valence-corrected chi connectivity index (χ4v) is 2.94. The molecule has 0 aliphatic rings. The number of aliphatic carboxylic acids is 1. The lowest BCUT2D eigenvalue weighted by Crippen LogP contribution is -2.39. The minimum atomic E-state index is -0.772. The highest BCUT2D eigenvalue weighted by atomic mass is 32.1. The largest absolute Gasteiger partial charge is 0.480 e. The Labute approximate surface area is 106 Å². The first kappa shape index (κ1) is 14.1. The van der Waals surface area contributed by atoms with Crippen molar-refractivity contribution in [3.05, 3.63) is 15.6 Å². The second kappa shape index (κ2) is 5.60. The summed E-state index contributed by atoms with van der Waals surface area (Å²) < 4.78 is 0. The standard InChI is InChI=1S/C12H20N2O2S/c1-6-10(12(15)16)14(5)7(2)11-8(3)17-9(4)13-11/h7,10H,6H2,1-5H3,(H,15,16). The van der Waals surface area contributed by atoms with Crippen molar-refractivity contribution in [1.29, 1.82) is 0 Å². The number of carbonyl (C=O) groups is 1. The molecule has 1 aromatic heterocycles. The van der Waals surface area contributed by atoms with Gasteiger partial charge in [-0.15, -0.1) is 11.3 Å². The molecule has 0 aliphatic heterocycles. The van der Waals surface area contributed by atoms with Crippen LogP contribution in [0.25, 0.3) is 0 Å². The highest BCUT2D eigenvalue weighted by molar-refractivity contribution is 7.11. The van der Waals surface area contributed by atoms with E-state index in [4.69, 9.17) is 5.11 Å². The highest BCUT2D eigenvalue weighted by Gasteiger charge is 2.27. The second-order valence-electron chi connectivity index (χ2n) is 4.28. The van der Waals surface area contributed by atoms with Gasteiger partial charge in [-0.05, 0) is 34.2 Å². The molecule has 2 unspecified atom stereocenters. The molecular formula is C12H20N2O2S. The van der Waals surface area contributed by atoms with E-state index in [0.29, 0.717) is 6.42 Å². The molecule has 0 bridgehead atoms. The summed E-state index contributed by atoms with van der Waals surface area (Å²) in [7, 11) is 1.85. The molecular weight excluding hydrogens is 236 g/mol. The molecule has 0 fully saturated rings. The Hall–Kier alpha value is -0.940. The summed E-state index contributed by atoms with van der Waals surface area (Å²) in [5, 5.41) is 10.2. The van der Waals surface area contributed by atoms with Crippen molar-refractivity contribution in [3.8, 4) is 0 Å². The third-order valence-corrected chi connectivity index (χ3v) is 4.01. The summed E-state index contributed by atoms with van der Waals surface area (Å²) in [5.74, 6) is -0.772. The van der Waals surface area contributed by atoms with Crippen molar-refractivity contribution >= 4 is 17.3 Å². The second-order valence-corrected chi connectivity index (χ2v) is 5.69. The van der Waals surface area contributed by atoms with Crippen LogP contribution in [0.1, 0.15) is 41.9 Å². The molecule has 0 radical (unpaired) electrons. The number of hydrogen-bond acceptors (Lipinski definition) is 4. The lowest BCUT2D eigenvalue weighted by atomic mass is 10.1. The van der Waals surface area contributed by atoms with Crippen molar-refractivity contribution < 1.29 is 9.90 Å². The van der Waals surface area contributed by atoms with Gasteiger partial charge in [-0.3, -0.25) is 9.69 Å². The number of hydrogen-bond donors (Lipinski definition) is 1. The van der Waals surface area contributed by atoms with Crippen molar-refractivity contribution in [2.75, 3.05) is 7.05 Å². The molecule has 0 aliphatic carbocycles. The molecule has 1 heterocycles. The predicted octanol–water partition coefficient (Wildman–Crippen LogP) is 2.62. The maximum Gasteiger partial charge on any atom is 0.320 e. The van der Waals surface area contributed by atoms with Gasteiger partial charge in [-0.2, -0.15) is 0 Å². The van der Waals surface area contributed by atoms with Crippen LogP contribution in [0.2, 0.25) is 0 Å². The van der Waals surface area contributed by atoms with Gasteiger partial charge in [0.15, 0.2) is 0 Å². The van der Waals surface area contributed by atoms with Gasteiger partial charge in [0.05, 0.1) is 16.7 Å². The summed E-state index contributed by atoms with van der Waals surface area (Å²) in [6.07, 6.45) is 0.596. The Balaban J connectivity index is 2.92. The number of carboxylic acid groups (broad SMARTS) is 1. The Morgan fingerprint density at radius 3 is 2.47 bits per heavy atom. The van der Waals surface area contributed by atoms with E-state index in [1.165, 1.54) is 4.88 Å². The number of likely N-dealkylation sites (N-methyl/N-ethyl adjacent to an activating group) is 1. The van der Waals surface area contributed by atoms with Crippen LogP contribution >= 0.6 is 11.3 Å². The number of carboxylic acids is 1. The van der Waals surface area contributed by atoms with Crippen molar-refractivity contribution in [2.45, 2.75) is 46.2 Å². The first-order chi connectivity index (χ1) is 7.88. The molecule has 0 spiro atoms. The van der Waals surface area contributed by atoms with Crippen molar-refractivity contribution in [2.24, 2.45) is 0 Å². The molecule has 5 heteroatoms. The van der Waals surface area contributed by atoms with Gasteiger partial charge in [0, 0.05) is 4.88 Å². The van der Waals surface area contributed by atoms with Gasteiger partial charge in [0.2, 0.25) is 0 Å². The van der Waals surface area contributed by atoms with E-state index in [9.17, 15) is 4.79 Å². The normalized spacial score (nSPS) is 14.9. The molecule has 0 amide bonds. The molecule has 0 saturated heterocycles. The first-order valence-corrected chi connectivity index (χ1v) is 6.58. The van der Waals surface area contributed by atoms with E-state index in [1.54, 1.807) is 11.3 Å². The summed E-state index contributed by atoms with van der Waals surface area (Å²) in [5.41, 5.74) is 0.995. The Morgan fingerprint density at radius 2 is 2.12 bits per heavy atom. The van der Waals surface area contributed by atoms with Gasteiger partial charge in [0.25, 0.3) is 0 Å². The Morgan fingerprint density at radius 1 is 1.53 bits per heavy atom. The maximum absolute atomic E-state index is 11.1. The van der Waals surface area contributed by atoms with Crippen LogP contribution in [0.5, 0.6) is 0 Å². The summed E-state index contributed by atoms with van der Waals surface area (Å²) in [6, 6.07) is -0.424. The van der Waals surface area contributed by atoms with E-state index in [0.717, 1.165) is 10.7 Å². The fraction of sp³-hybridized carbons (Fsp3) is 0.667. The summed E-state index contributed by atoms with van der Waals surface area (Å²) >= 11 is 1.66. The molecule has 17 heavy (non-hydrogen) atoms. The molecule has 1 rings (SSSR count). The van der Waals surface area contributed by atoms with Gasteiger partial charge < -0.3 is 5.11 Å².